The zero-order valence-electron chi connectivity index (χ0n) is 57.8. The number of nitrogens with two attached hydrogens (primary N) is 3. The number of esters is 1. The molecule has 0 radical (unpaired) electrons. The number of aliphatic hydroxyl groups is 1. The molecule has 1 aromatic rings. The molecule has 2 unspecified atom stereocenters. The second-order valence-corrected chi connectivity index (χ2v) is 25.5. The van der Waals surface area contributed by atoms with Crippen LogP contribution in [0.1, 0.15) is 145 Å². The highest BCUT2D eigenvalue weighted by molar-refractivity contribution is 6.01. The topological polar surface area (TPSA) is 516 Å². The Bertz CT molecular complexity index is 2920. The van der Waals surface area contributed by atoms with E-state index in [0.717, 1.165) is 5.56 Å². The number of carbonyl (C=O) groups is 12. The van der Waals surface area contributed by atoms with Crippen LogP contribution in [-0.4, -0.2) is 193 Å². The van der Waals surface area contributed by atoms with Gasteiger partial charge in [-0.25, -0.2) is 13.6 Å². The number of nitrogens with one attached hydrogen (secondary N) is 15. The molecule has 1 aliphatic carbocycles. The Balaban J connectivity index is 1.97. The molecule has 11 amide bonds. The van der Waals surface area contributed by atoms with E-state index in [0.29, 0.717) is 6.42 Å². The van der Waals surface area contributed by atoms with Crippen molar-refractivity contribution in [3.63, 3.8) is 0 Å². The van der Waals surface area contributed by atoms with Crippen LogP contribution in [-0.2, 0) is 68.7 Å². The molecule has 22 N–H and O–H groups in total. The summed E-state index contributed by atoms with van der Waals surface area (Å²) in [5.74, 6) is -15.8. The van der Waals surface area contributed by atoms with E-state index in [9.17, 15) is 71.4 Å². The molecular formula is C64H106F2N18O14. The third-order valence-electron chi connectivity index (χ3n) is 18.1. The fraction of sp³-hybridized carbons (Fsp3) is 0.688. The molecular weight excluding hydrogens is 1280 g/mol. The number of cyclic esters (lactones) is 1. The summed E-state index contributed by atoms with van der Waals surface area (Å²) < 4.78 is 33.4. The minimum Gasteiger partial charge on any atom is -0.458 e. The zero-order chi connectivity index (χ0) is 73.7. The van der Waals surface area contributed by atoms with Gasteiger partial charge in [0, 0.05) is 25.9 Å². The van der Waals surface area contributed by atoms with Crippen LogP contribution in [0.15, 0.2) is 30.3 Å². The molecule has 1 heterocycles. The van der Waals surface area contributed by atoms with Gasteiger partial charge in [-0.1, -0.05) is 111 Å². The van der Waals surface area contributed by atoms with E-state index in [1.54, 1.807) is 55.5 Å². The van der Waals surface area contributed by atoms with Crippen molar-refractivity contribution in [1.82, 2.24) is 69.1 Å². The number of benzene rings is 1. The van der Waals surface area contributed by atoms with E-state index in [1.165, 1.54) is 6.92 Å². The first-order valence-corrected chi connectivity index (χ1v) is 33.5. The Morgan fingerprint density at radius 2 is 1.14 bits per heavy atom. The summed E-state index contributed by atoms with van der Waals surface area (Å²) in [5, 5.41) is 59.8. The summed E-state index contributed by atoms with van der Waals surface area (Å²) in [5.41, 5.74) is 15.4. The molecule has 0 aromatic heterocycles. The summed E-state index contributed by atoms with van der Waals surface area (Å²) in [7, 11) is 1.60. The van der Waals surface area contributed by atoms with Gasteiger partial charge in [0.05, 0.1) is 12.6 Å². The smallest absolute Gasteiger partial charge is 0.329 e. The first-order valence-electron chi connectivity index (χ1n) is 33.5. The van der Waals surface area contributed by atoms with Gasteiger partial charge in [-0.05, 0) is 94.1 Å². The van der Waals surface area contributed by atoms with Crippen molar-refractivity contribution >= 4 is 82.9 Å². The minimum atomic E-state index is -2.88. The highest BCUT2D eigenvalue weighted by Crippen LogP contribution is 2.48. The van der Waals surface area contributed by atoms with Crippen LogP contribution < -0.4 is 86.3 Å². The van der Waals surface area contributed by atoms with E-state index in [1.807, 2.05) is 37.3 Å². The van der Waals surface area contributed by atoms with Crippen LogP contribution in [0.25, 0.3) is 0 Å². The second kappa shape index (κ2) is 40.8. The SMILES string of the molecule is CC[C@H](C)[C@H](NC(=O)[C@@H](Cc1ccccc1)NC)C(=O)N[C@@H](CCCNC(=N)N)C(=O)N[C@H](CCC(N)=O)C(=O)N[C@@H](C(=O)N[C@H](C(=O)N[C@@H](CO)C(=O)N[C@H]1C(=O)N[C@@H](CCCNC(=N)N)C(=O)NC2(CC2CC(F)F)C(=O)N[C@@H]([C@@H](C)CC)C(=O)O[C@H]1C)[C@@H](C)CC)[C@@H](C)CC. The minimum absolute atomic E-state index is 0.00874. The number of carbonyl (C=O) groups excluding carboxylic acids is 12. The van der Waals surface area contributed by atoms with Gasteiger partial charge in [0.2, 0.25) is 71.4 Å². The highest BCUT2D eigenvalue weighted by Gasteiger charge is 2.62. The zero-order valence-corrected chi connectivity index (χ0v) is 57.8. The third kappa shape index (κ3) is 25.9. The van der Waals surface area contributed by atoms with Crippen LogP contribution in [0, 0.1) is 40.4 Å². The van der Waals surface area contributed by atoms with Crippen LogP contribution in [0.3, 0.4) is 0 Å². The van der Waals surface area contributed by atoms with E-state index < -0.39 is 211 Å². The van der Waals surface area contributed by atoms with Crippen molar-refractivity contribution < 1.29 is 76.2 Å². The monoisotopic (exact) mass is 1390 g/mol. The van der Waals surface area contributed by atoms with Gasteiger partial charge in [0.1, 0.15) is 66.0 Å². The fourth-order valence-corrected chi connectivity index (χ4v) is 11.0. The predicted octanol–water partition coefficient (Wildman–Crippen LogP) is -2.38. The number of amides is 11. The first kappa shape index (κ1) is 83.4. The number of primary amides is 1. The van der Waals surface area contributed by atoms with Crippen molar-refractivity contribution in [3.8, 4) is 0 Å². The van der Waals surface area contributed by atoms with Crippen LogP contribution in [0.5, 0.6) is 0 Å². The van der Waals surface area contributed by atoms with Crippen molar-refractivity contribution in [2.45, 2.75) is 224 Å². The average Bonchev–Trinajstić information content (AvgIpc) is 1.58. The number of guanidine groups is 2. The molecule has 1 saturated heterocycles. The molecule has 3 rings (SSSR count). The maximum Gasteiger partial charge on any atom is 0.329 e. The number of alkyl halides is 2. The normalized spacial score (nSPS) is 22.0. The van der Waals surface area contributed by atoms with Gasteiger partial charge in [-0.15, -0.1) is 0 Å². The molecule has 1 spiro atoms. The quantitative estimate of drug-likeness (QED) is 0.0142. The fourth-order valence-electron chi connectivity index (χ4n) is 11.0. The molecule has 0 bridgehead atoms. The number of likely N-dealkylation sites (N-methyl/N-ethyl adjacent to an activating group) is 1. The molecule has 2 aliphatic rings. The maximum absolute atomic E-state index is 14.6. The Labute approximate surface area is 570 Å². The maximum atomic E-state index is 14.6. The number of ether oxygens (including phenoxy) is 1. The molecule has 1 aromatic carbocycles. The van der Waals surface area contributed by atoms with Gasteiger partial charge in [0.25, 0.3) is 0 Å². The summed E-state index contributed by atoms with van der Waals surface area (Å²) in [6, 6.07) is -5.54. The van der Waals surface area contributed by atoms with Crippen molar-refractivity contribution in [2.75, 3.05) is 26.7 Å². The lowest BCUT2D eigenvalue weighted by atomic mass is 9.94. The highest BCUT2D eigenvalue weighted by atomic mass is 19.3. The first-order chi connectivity index (χ1) is 46.2. The van der Waals surface area contributed by atoms with Gasteiger partial charge >= 0.3 is 5.97 Å². The van der Waals surface area contributed by atoms with Gasteiger partial charge in [-0.2, -0.15) is 0 Å². The number of aliphatic hydroxyl groups excluding tert-OH is 1. The lowest BCUT2D eigenvalue weighted by Gasteiger charge is -2.31. The van der Waals surface area contributed by atoms with Gasteiger partial charge in [-0.3, -0.25) is 63.6 Å². The van der Waals surface area contributed by atoms with Gasteiger partial charge in [0.15, 0.2) is 11.9 Å². The largest absolute Gasteiger partial charge is 0.458 e. The lowest BCUT2D eigenvalue weighted by molar-refractivity contribution is -0.157. The Kier molecular flexibility index (Phi) is 34.7. The van der Waals surface area contributed by atoms with Crippen molar-refractivity contribution in [1.29, 1.82) is 10.8 Å². The van der Waals surface area contributed by atoms with E-state index in [-0.39, 0.29) is 76.8 Å². The van der Waals surface area contributed by atoms with Crippen molar-refractivity contribution in [3.05, 3.63) is 35.9 Å². The number of halogens is 2. The number of hydrogen-bond acceptors (Lipinski definition) is 17. The molecule has 32 nitrogen and oxygen atoms in total. The van der Waals surface area contributed by atoms with E-state index in [4.69, 9.17) is 32.8 Å². The molecule has 1 aliphatic heterocycles. The van der Waals surface area contributed by atoms with E-state index >= 15 is 0 Å². The van der Waals surface area contributed by atoms with Crippen LogP contribution in [0.4, 0.5) is 8.78 Å². The predicted molar refractivity (Wildman–Crippen MR) is 357 cm³/mol. The lowest BCUT2D eigenvalue weighted by Crippen LogP contribution is -2.63. The molecule has 550 valence electrons. The van der Waals surface area contributed by atoms with Gasteiger partial charge < -0.3 is 96.2 Å². The molecule has 17 atom stereocenters. The Morgan fingerprint density at radius 1 is 0.653 bits per heavy atom. The molecule has 34 heteroatoms. The van der Waals surface area contributed by atoms with E-state index in [2.05, 4.69) is 69.1 Å². The summed E-state index contributed by atoms with van der Waals surface area (Å²) in [6.07, 6.45) is -5.08. The standard InChI is InChI=1S/C64H106F2N18O14/c1-11-32(5)46(80-53(89)42(72-10)28-37-20-16-15-17-21-37)56(92)76-39(22-18-26-73-62(68)69)51(87)75-41(24-25-45(67)86)52(88)79-48(34(7)13-3)58(94)81-47(33(6)12-2)57(93)78-43(31-85)54(90)82-50-36(9)98-60(96)49(35(8)14-4)83-61(97)64(30-38(64)29-44(65)66)84-55(91)40(77-59(50)95)23-19-27-74-63(70)71/h15-17,20-21,32-36,38-44,46-50,72,85H,11-14,18-19,22-31H2,1-10H3,(H2,67,86)(H,75,87)(H,76,92)(H,77,95)(H,78,93)(H,79,88)(H,80,89)(H,81,94)(H,82,90)(H,83,97)(H,84,91)(H4,68,69,73)(H4,70,71,74)/t32-,33-,34-,35-,36-,38?,39-,40-,41+,42+,43-,46-,47-,48+,49-,50+,64?/m0/s1. The molecule has 98 heavy (non-hydrogen) atoms. The molecule has 2 fully saturated rings. The second-order valence-electron chi connectivity index (χ2n) is 25.5. The molecule has 1 saturated carbocycles. The Morgan fingerprint density at radius 3 is 1.64 bits per heavy atom. The summed E-state index contributed by atoms with van der Waals surface area (Å²) in [6.45, 7) is 13.6. The van der Waals surface area contributed by atoms with Crippen LogP contribution >= 0.6 is 0 Å². The van der Waals surface area contributed by atoms with Crippen LogP contribution in [0.2, 0.25) is 0 Å². The third-order valence-corrected chi connectivity index (χ3v) is 18.1. The Hall–Kier alpha value is -8.82. The average molecular weight is 1390 g/mol. The summed E-state index contributed by atoms with van der Waals surface area (Å²) in [4.78, 5) is 170. The summed E-state index contributed by atoms with van der Waals surface area (Å²) >= 11 is 0. The number of hydrogen-bond donors (Lipinski definition) is 19. The number of rotatable bonds is 39. The van der Waals surface area contributed by atoms with Crippen molar-refractivity contribution in [2.24, 2.45) is 46.8 Å².